The van der Waals surface area contributed by atoms with Gasteiger partial charge in [0.2, 0.25) is 0 Å². The van der Waals surface area contributed by atoms with E-state index in [0.717, 1.165) is 18.8 Å². The van der Waals surface area contributed by atoms with E-state index < -0.39 is 0 Å². The Labute approximate surface area is 105 Å². The Morgan fingerprint density at radius 3 is 2.29 bits per heavy atom. The summed E-state index contributed by atoms with van der Waals surface area (Å²) in [6.07, 6.45) is 10.6. The molecule has 0 heterocycles. The maximum Gasteiger partial charge on any atom is 0.00703 e. The first kappa shape index (κ1) is 12.6. The van der Waals surface area contributed by atoms with Gasteiger partial charge in [0.1, 0.15) is 0 Å². The van der Waals surface area contributed by atoms with E-state index in [9.17, 15) is 0 Å². The molecule has 0 radical (unpaired) electrons. The van der Waals surface area contributed by atoms with Crippen LogP contribution in [0.1, 0.15) is 50.5 Å². The SMILES string of the molecule is NC(CCc1ccccc1)C1CCCCCC1. The van der Waals surface area contributed by atoms with Crippen molar-refractivity contribution in [3.63, 3.8) is 0 Å². The van der Waals surface area contributed by atoms with Crippen LogP contribution in [0.3, 0.4) is 0 Å². The third-order valence-electron chi connectivity index (χ3n) is 4.11. The normalized spacial score (nSPS) is 19.8. The average Bonchev–Trinajstić information content (AvgIpc) is 2.66. The van der Waals surface area contributed by atoms with Crippen molar-refractivity contribution >= 4 is 0 Å². The highest BCUT2D eigenvalue weighted by molar-refractivity contribution is 5.14. The van der Waals surface area contributed by atoms with Crippen molar-refractivity contribution in [2.75, 3.05) is 0 Å². The first-order valence-corrected chi connectivity index (χ1v) is 7.16. The second-order valence-corrected chi connectivity index (χ2v) is 5.44. The van der Waals surface area contributed by atoms with Crippen molar-refractivity contribution in [2.45, 2.75) is 57.4 Å². The molecule has 1 heteroatoms. The lowest BCUT2D eigenvalue weighted by Crippen LogP contribution is -2.30. The molecule has 0 amide bonds. The van der Waals surface area contributed by atoms with E-state index in [-0.39, 0.29) is 0 Å². The topological polar surface area (TPSA) is 26.0 Å². The summed E-state index contributed by atoms with van der Waals surface area (Å²) in [4.78, 5) is 0. The molecule has 1 aliphatic carbocycles. The van der Waals surface area contributed by atoms with Gasteiger partial charge in [0, 0.05) is 6.04 Å². The summed E-state index contributed by atoms with van der Waals surface area (Å²) in [7, 11) is 0. The van der Waals surface area contributed by atoms with Gasteiger partial charge in [-0.15, -0.1) is 0 Å². The van der Waals surface area contributed by atoms with Gasteiger partial charge in [-0.05, 0) is 37.2 Å². The molecule has 1 aromatic rings. The van der Waals surface area contributed by atoms with Crippen LogP contribution in [-0.4, -0.2) is 6.04 Å². The lowest BCUT2D eigenvalue weighted by molar-refractivity contribution is 0.359. The maximum absolute atomic E-state index is 6.37. The van der Waals surface area contributed by atoms with Gasteiger partial charge >= 0.3 is 0 Å². The van der Waals surface area contributed by atoms with E-state index in [1.807, 2.05) is 0 Å². The number of benzene rings is 1. The highest BCUT2D eigenvalue weighted by atomic mass is 14.6. The molecule has 1 saturated carbocycles. The summed E-state index contributed by atoms with van der Waals surface area (Å²) in [5.74, 6) is 0.779. The Hall–Kier alpha value is -0.820. The molecule has 1 aliphatic rings. The van der Waals surface area contributed by atoms with Gasteiger partial charge in [-0.2, -0.15) is 0 Å². The molecule has 0 bridgehead atoms. The van der Waals surface area contributed by atoms with Gasteiger partial charge in [-0.25, -0.2) is 0 Å². The monoisotopic (exact) mass is 231 g/mol. The molecular weight excluding hydrogens is 206 g/mol. The molecule has 2 N–H and O–H groups in total. The van der Waals surface area contributed by atoms with Gasteiger partial charge in [-0.3, -0.25) is 0 Å². The van der Waals surface area contributed by atoms with Crippen LogP contribution >= 0.6 is 0 Å². The van der Waals surface area contributed by atoms with Crippen molar-refractivity contribution < 1.29 is 0 Å². The quantitative estimate of drug-likeness (QED) is 0.781. The highest BCUT2D eigenvalue weighted by Gasteiger charge is 2.18. The minimum Gasteiger partial charge on any atom is -0.327 e. The Balaban J connectivity index is 1.78. The summed E-state index contributed by atoms with van der Waals surface area (Å²) in [5, 5.41) is 0. The molecule has 0 aliphatic heterocycles. The second-order valence-electron chi connectivity index (χ2n) is 5.44. The fourth-order valence-corrected chi connectivity index (χ4v) is 2.95. The predicted molar refractivity (Wildman–Crippen MR) is 73.9 cm³/mol. The Morgan fingerprint density at radius 1 is 1.00 bits per heavy atom. The molecule has 17 heavy (non-hydrogen) atoms. The highest BCUT2D eigenvalue weighted by Crippen LogP contribution is 2.26. The van der Waals surface area contributed by atoms with Crippen molar-refractivity contribution in [1.82, 2.24) is 0 Å². The van der Waals surface area contributed by atoms with Crippen LogP contribution in [0.15, 0.2) is 30.3 Å². The Kier molecular flexibility index (Phi) is 5.06. The van der Waals surface area contributed by atoms with Gasteiger partial charge in [0.15, 0.2) is 0 Å². The van der Waals surface area contributed by atoms with Gasteiger partial charge < -0.3 is 5.73 Å². The van der Waals surface area contributed by atoms with Gasteiger partial charge in [-0.1, -0.05) is 56.0 Å². The zero-order valence-corrected chi connectivity index (χ0v) is 10.8. The molecular formula is C16H25N. The number of rotatable bonds is 4. The summed E-state index contributed by atoms with van der Waals surface area (Å²) < 4.78 is 0. The zero-order valence-electron chi connectivity index (χ0n) is 10.8. The van der Waals surface area contributed by atoms with Crippen LogP contribution in [0, 0.1) is 5.92 Å². The standard InChI is InChI=1S/C16H25N/c17-16(15-10-6-1-2-7-11-15)13-12-14-8-4-3-5-9-14/h3-5,8-9,15-16H,1-2,6-7,10-13,17H2. The summed E-state index contributed by atoms with van der Waals surface area (Å²) in [6.45, 7) is 0. The maximum atomic E-state index is 6.37. The van der Waals surface area contributed by atoms with Crippen molar-refractivity contribution in [3.8, 4) is 0 Å². The molecule has 2 rings (SSSR count). The van der Waals surface area contributed by atoms with E-state index in [4.69, 9.17) is 5.73 Å². The van der Waals surface area contributed by atoms with Crippen molar-refractivity contribution in [2.24, 2.45) is 11.7 Å². The predicted octanol–water partition coefficient (Wildman–Crippen LogP) is 3.92. The van der Waals surface area contributed by atoms with Gasteiger partial charge in [0.05, 0.1) is 0 Å². The third kappa shape index (κ3) is 4.16. The molecule has 1 nitrogen and oxygen atoms in total. The largest absolute Gasteiger partial charge is 0.327 e. The first-order chi connectivity index (χ1) is 8.36. The molecule has 0 aromatic heterocycles. The third-order valence-corrected chi connectivity index (χ3v) is 4.11. The average molecular weight is 231 g/mol. The second kappa shape index (κ2) is 6.80. The van der Waals surface area contributed by atoms with Crippen LogP contribution in [0.2, 0.25) is 0 Å². The van der Waals surface area contributed by atoms with Crippen molar-refractivity contribution in [1.29, 1.82) is 0 Å². The zero-order chi connectivity index (χ0) is 11.9. The summed E-state index contributed by atoms with van der Waals surface area (Å²) in [6, 6.07) is 11.1. The van der Waals surface area contributed by atoms with E-state index in [0.29, 0.717) is 6.04 Å². The summed E-state index contributed by atoms with van der Waals surface area (Å²) >= 11 is 0. The van der Waals surface area contributed by atoms with E-state index >= 15 is 0 Å². The van der Waals surface area contributed by atoms with Crippen LogP contribution in [0.25, 0.3) is 0 Å². The van der Waals surface area contributed by atoms with Crippen LogP contribution in [-0.2, 0) is 6.42 Å². The number of nitrogens with two attached hydrogens (primary N) is 1. The van der Waals surface area contributed by atoms with Crippen LogP contribution in [0.4, 0.5) is 0 Å². The fraction of sp³-hybridized carbons (Fsp3) is 0.625. The van der Waals surface area contributed by atoms with Gasteiger partial charge in [0.25, 0.3) is 0 Å². The molecule has 94 valence electrons. The molecule has 1 unspecified atom stereocenters. The fourth-order valence-electron chi connectivity index (χ4n) is 2.95. The van der Waals surface area contributed by atoms with Crippen LogP contribution in [0.5, 0.6) is 0 Å². The molecule has 0 saturated heterocycles. The van der Waals surface area contributed by atoms with E-state index in [1.54, 1.807) is 0 Å². The molecule has 0 spiro atoms. The number of hydrogen-bond donors (Lipinski definition) is 1. The minimum absolute atomic E-state index is 0.410. The minimum atomic E-state index is 0.410. The summed E-state index contributed by atoms with van der Waals surface area (Å²) in [5.41, 5.74) is 7.79. The number of aryl methyl sites for hydroxylation is 1. The molecule has 1 atom stereocenters. The Morgan fingerprint density at radius 2 is 1.65 bits per heavy atom. The smallest absolute Gasteiger partial charge is 0.00703 e. The number of hydrogen-bond acceptors (Lipinski definition) is 1. The Bertz CT molecular complexity index is 299. The van der Waals surface area contributed by atoms with E-state index in [2.05, 4.69) is 30.3 Å². The molecule has 1 aromatic carbocycles. The molecule has 1 fully saturated rings. The van der Waals surface area contributed by atoms with Crippen LogP contribution < -0.4 is 5.73 Å². The lowest BCUT2D eigenvalue weighted by atomic mass is 9.89. The van der Waals surface area contributed by atoms with E-state index in [1.165, 1.54) is 44.1 Å². The van der Waals surface area contributed by atoms with Crippen molar-refractivity contribution in [3.05, 3.63) is 35.9 Å². The first-order valence-electron chi connectivity index (χ1n) is 7.16. The lowest BCUT2D eigenvalue weighted by Gasteiger charge is -2.22.